The molecule has 1 aliphatic rings. The number of carbonyl (C=O) groups is 2. The Morgan fingerprint density at radius 2 is 1.21 bits per heavy atom. The zero-order valence-corrected chi connectivity index (χ0v) is 35.2. The molecule has 6 rings (SSSR count). The molecular weight excluding hydrogens is 729 g/mol. The van der Waals surface area contributed by atoms with Crippen molar-refractivity contribution in [2.24, 2.45) is 0 Å². The minimum atomic E-state index is -0.532. The van der Waals surface area contributed by atoms with Crippen LogP contribution < -0.4 is 9.47 Å². The molecular formula is C50H52O8. The molecule has 0 atom stereocenters. The van der Waals surface area contributed by atoms with Crippen LogP contribution in [0.4, 0.5) is 0 Å². The van der Waals surface area contributed by atoms with Crippen LogP contribution in [0, 0.1) is 49.4 Å². The van der Waals surface area contributed by atoms with E-state index in [2.05, 4.69) is 54.6 Å². The maximum atomic E-state index is 13.3. The van der Waals surface area contributed by atoms with Gasteiger partial charge >= 0.3 is 11.9 Å². The molecule has 0 aliphatic carbocycles. The van der Waals surface area contributed by atoms with Gasteiger partial charge in [-0.05, 0) is 106 Å². The smallest absolute Gasteiger partial charge is 0.384 e. The van der Waals surface area contributed by atoms with E-state index in [0.717, 1.165) is 60.7 Å². The molecule has 0 saturated carbocycles. The fourth-order valence-corrected chi connectivity index (χ4v) is 6.50. The fourth-order valence-electron chi connectivity index (χ4n) is 6.50. The summed E-state index contributed by atoms with van der Waals surface area (Å²) in [5.41, 5.74) is 7.35. The minimum Gasteiger partial charge on any atom is -0.496 e. The van der Waals surface area contributed by atoms with Gasteiger partial charge < -0.3 is 28.4 Å². The second-order valence-corrected chi connectivity index (χ2v) is 13.7. The summed E-state index contributed by atoms with van der Waals surface area (Å²) in [6.45, 7) is 17.0. The Labute approximate surface area is 343 Å². The SMILES string of the molecule is CC#CCOCC#CC.COc1ccc2ccccc2c1-c1c(C)c2c(c(C)c1C(=O)OC(C)C)COC2.COc1ccc2ccccc2c1C#CC(=O)OC(C)C. The van der Waals surface area contributed by atoms with Gasteiger partial charge in [0.25, 0.3) is 0 Å². The van der Waals surface area contributed by atoms with E-state index in [0.29, 0.717) is 43.3 Å². The molecule has 0 spiro atoms. The van der Waals surface area contributed by atoms with Gasteiger partial charge in [-0.2, -0.15) is 0 Å². The van der Waals surface area contributed by atoms with Gasteiger partial charge in [0.05, 0.1) is 50.8 Å². The number of methoxy groups -OCH3 is 2. The van der Waals surface area contributed by atoms with Crippen LogP contribution in [0.15, 0.2) is 72.8 Å². The number of carbonyl (C=O) groups excluding carboxylic acids is 2. The van der Waals surface area contributed by atoms with Crippen molar-refractivity contribution in [2.45, 2.75) is 80.8 Å². The Morgan fingerprint density at radius 1 is 0.672 bits per heavy atom. The van der Waals surface area contributed by atoms with Crippen LogP contribution >= 0.6 is 0 Å². The lowest BCUT2D eigenvalue weighted by molar-refractivity contribution is -0.140. The van der Waals surface area contributed by atoms with E-state index in [9.17, 15) is 9.59 Å². The molecule has 0 bridgehead atoms. The second-order valence-electron chi connectivity index (χ2n) is 13.7. The molecule has 8 heteroatoms. The number of hydrogen-bond donors (Lipinski definition) is 0. The molecule has 0 radical (unpaired) electrons. The van der Waals surface area contributed by atoms with Crippen LogP contribution in [-0.4, -0.2) is 51.6 Å². The molecule has 300 valence electrons. The van der Waals surface area contributed by atoms with Gasteiger partial charge in [-0.15, -0.1) is 11.8 Å². The van der Waals surface area contributed by atoms with Crippen LogP contribution in [0.2, 0.25) is 0 Å². The lowest BCUT2D eigenvalue weighted by Crippen LogP contribution is -2.16. The van der Waals surface area contributed by atoms with Crippen LogP contribution in [0.5, 0.6) is 11.5 Å². The summed E-state index contributed by atoms with van der Waals surface area (Å²) >= 11 is 0. The normalized spacial score (nSPS) is 11.0. The van der Waals surface area contributed by atoms with Crippen molar-refractivity contribution in [3.05, 3.63) is 106 Å². The summed E-state index contributed by atoms with van der Waals surface area (Å²) in [5.74, 6) is 16.9. The summed E-state index contributed by atoms with van der Waals surface area (Å²) < 4.78 is 32.4. The topological polar surface area (TPSA) is 89.5 Å². The highest BCUT2D eigenvalue weighted by Crippen LogP contribution is 2.45. The molecule has 0 unspecified atom stereocenters. The fraction of sp³-hybridized carbons (Fsp3) is 0.320. The molecule has 5 aromatic rings. The van der Waals surface area contributed by atoms with Crippen molar-refractivity contribution in [3.8, 4) is 58.1 Å². The van der Waals surface area contributed by atoms with Crippen LogP contribution in [0.1, 0.15) is 79.7 Å². The lowest BCUT2D eigenvalue weighted by Gasteiger charge is -2.22. The number of rotatable bonds is 8. The maximum absolute atomic E-state index is 13.3. The Hall–Kier alpha value is -6.24. The number of benzene rings is 5. The quantitative estimate of drug-likeness (QED) is 0.0874. The molecule has 1 heterocycles. The summed E-state index contributed by atoms with van der Waals surface area (Å²) in [5, 5.41) is 4.15. The summed E-state index contributed by atoms with van der Waals surface area (Å²) in [6.07, 6.45) is -0.375. The molecule has 0 fully saturated rings. The highest BCUT2D eigenvalue weighted by molar-refractivity contribution is 6.08. The van der Waals surface area contributed by atoms with Crippen molar-refractivity contribution in [2.75, 3.05) is 27.4 Å². The highest BCUT2D eigenvalue weighted by atomic mass is 16.5. The first-order chi connectivity index (χ1) is 28.0. The monoisotopic (exact) mass is 780 g/mol. The molecule has 0 aromatic heterocycles. The van der Waals surface area contributed by atoms with Crippen molar-refractivity contribution < 1.29 is 38.0 Å². The first kappa shape index (κ1) is 44.5. The average Bonchev–Trinajstić information content (AvgIpc) is 3.72. The summed E-state index contributed by atoms with van der Waals surface area (Å²) in [7, 11) is 3.25. The predicted octanol–water partition coefficient (Wildman–Crippen LogP) is 9.93. The zero-order valence-electron chi connectivity index (χ0n) is 35.2. The van der Waals surface area contributed by atoms with Crippen molar-refractivity contribution in [1.82, 2.24) is 0 Å². The van der Waals surface area contributed by atoms with Crippen molar-refractivity contribution in [3.63, 3.8) is 0 Å². The van der Waals surface area contributed by atoms with Crippen molar-refractivity contribution >= 4 is 33.5 Å². The second kappa shape index (κ2) is 21.9. The molecule has 5 aromatic carbocycles. The van der Waals surface area contributed by atoms with Crippen LogP contribution in [0.25, 0.3) is 32.7 Å². The molecule has 0 N–H and O–H groups in total. The largest absolute Gasteiger partial charge is 0.496 e. The van der Waals surface area contributed by atoms with Gasteiger partial charge in [0.2, 0.25) is 0 Å². The first-order valence-electron chi connectivity index (χ1n) is 19.1. The van der Waals surface area contributed by atoms with Crippen LogP contribution in [0.3, 0.4) is 0 Å². The summed E-state index contributed by atoms with van der Waals surface area (Å²) in [6, 6.07) is 23.8. The van der Waals surface area contributed by atoms with E-state index in [1.165, 1.54) is 0 Å². The predicted molar refractivity (Wildman–Crippen MR) is 231 cm³/mol. The Morgan fingerprint density at radius 3 is 1.78 bits per heavy atom. The van der Waals surface area contributed by atoms with Gasteiger partial charge in [0, 0.05) is 22.4 Å². The molecule has 0 saturated heterocycles. The van der Waals surface area contributed by atoms with Gasteiger partial charge in [0.1, 0.15) is 24.7 Å². The number of esters is 2. The van der Waals surface area contributed by atoms with E-state index < -0.39 is 5.97 Å². The van der Waals surface area contributed by atoms with Gasteiger partial charge in [-0.3, -0.25) is 0 Å². The van der Waals surface area contributed by atoms with E-state index in [-0.39, 0.29) is 18.2 Å². The van der Waals surface area contributed by atoms with Gasteiger partial charge in [-0.25, -0.2) is 9.59 Å². The third-order valence-corrected chi connectivity index (χ3v) is 9.12. The maximum Gasteiger partial charge on any atom is 0.384 e. The number of fused-ring (bicyclic) bond motifs is 3. The van der Waals surface area contributed by atoms with Crippen molar-refractivity contribution in [1.29, 1.82) is 0 Å². The van der Waals surface area contributed by atoms with E-state index in [1.54, 1.807) is 41.9 Å². The lowest BCUT2D eigenvalue weighted by atomic mass is 9.83. The molecule has 0 amide bonds. The van der Waals surface area contributed by atoms with E-state index in [4.69, 9.17) is 28.4 Å². The molecule has 1 aliphatic heterocycles. The molecule has 8 nitrogen and oxygen atoms in total. The third-order valence-electron chi connectivity index (χ3n) is 9.12. The molecule has 58 heavy (non-hydrogen) atoms. The number of hydrogen-bond acceptors (Lipinski definition) is 8. The Kier molecular flexibility index (Phi) is 16.8. The third kappa shape index (κ3) is 11.2. The standard InChI is InChI=1S/C25H26O4.C17H16O3.C8H10O/c1-14(2)29-25(26)23-16(4)20-13-28-12-19(20)15(3)22(23)24-18-9-7-6-8-17(18)10-11-21(24)27-5;1-12(2)20-17(18)11-9-15-14-7-5-4-6-13(14)8-10-16(15)19-3;1-3-5-7-9-8-6-4-2/h6-11,14H,12-13H2,1-5H3;4-8,10,12H,1-3H3;7-8H2,1-2H3. The van der Waals surface area contributed by atoms with Crippen LogP contribution in [-0.2, 0) is 37.0 Å². The Balaban J connectivity index is 0.000000222. The minimum absolute atomic E-state index is 0.175. The highest BCUT2D eigenvalue weighted by Gasteiger charge is 2.30. The number of ether oxygens (including phenoxy) is 6. The van der Waals surface area contributed by atoms with E-state index in [1.807, 2.05) is 81.4 Å². The van der Waals surface area contributed by atoms with E-state index >= 15 is 0 Å². The van der Waals surface area contributed by atoms with Gasteiger partial charge in [-0.1, -0.05) is 78.4 Å². The first-order valence-corrected chi connectivity index (χ1v) is 19.1. The summed E-state index contributed by atoms with van der Waals surface area (Å²) in [4.78, 5) is 24.8. The zero-order chi connectivity index (χ0) is 42.2. The van der Waals surface area contributed by atoms with Gasteiger partial charge in [0.15, 0.2) is 0 Å². The average molecular weight is 781 g/mol. The Bertz CT molecular complexity index is 2420.